The standard InChI is InChI=1S/C9H13F2N3O/c1-7(8-4-12-2-3-13-8)14-5-9(10,11)6-15/h2-4,7,14-15H,5-6H2,1H3. The van der Waals surface area contributed by atoms with Crippen LogP contribution in [0.5, 0.6) is 0 Å². The number of aromatic nitrogens is 2. The van der Waals surface area contributed by atoms with Gasteiger partial charge in [-0.05, 0) is 6.92 Å². The molecular weight excluding hydrogens is 204 g/mol. The fourth-order valence-electron chi connectivity index (χ4n) is 0.997. The molecule has 1 unspecified atom stereocenters. The highest BCUT2D eigenvalue weighted by Gasteiger charge is 2.28. The first-order valence-electron chi connectivity index (χ1n) is 4.53. The highest BCUT2D eigenvalue weighted by atomic mass is 19.3. The second-order valence-corrected chi connectivity index (χ2v) is 3.25. The average Bonchev–Trinajstić information content (AvgIpc) is 2.27. The summed E-state index contributed by atoms with van der Waals surface area (Å²) in [5.74, 6) is -3.10. The Kier molecular flexibility index (Phi) is 4.05. The molecule has 0 aliphatic rings. The van der Waals surface area contributed by atoms with Gasteiger partial charge in [0, 0.05) is 24.6 Å². The number of nitrogens with zero attached hydrogens (tertiary/aromatic N) is 2. The Morgan fingerprint density at radius 2 is 2.27 bits per heavy atom. The van der Waals surface area contributed by atoms with Gasteiger partial charge in [-0.3, -0.25) is 9.97 Å². The summed E-state index contributed by atoms with van der Waals surface area (Å²) in [6.07, 6.45) is 4.52. The summed E-state index contributed by atoms with van der Waals surface area (Å²) in [6.45, 7) is -0.0358. The molecule has 84 valence electrons. The molecule has 0 saturated carbocycles. The van der Waals surface area contributed by atoms with Crippen molar-refractivity contribution in [1.82, 2.24) is 15.3 Å². The number of rotatable bonds is 5. The van der Waals surface area contributed by atoms with E-state index in [9.17, 15) is 8.78 Å². The number of aliphatic hydroxyl groups excluding tert-OH is 1. The van der Waals surface area contributed by atoms with Crippen LogP contribution in [0.1, 0.15) is 18.7 Å². The third-order valence-corrected chi connectivity index (χ3v) is 1.93. The Labute approximate surface area is 86.4 Å². The van der Waals surface area contributed by atoms with E-state index >= 15 is 0 Å². The maximum atomic E-state index is 12.7. The molecule has 15 heavy (non-hydrogen) atoms. The molecule has 0 aliphatic carbocycles. The van der Waals surface area contributed by atoms with Crippen molar-refractivity contribution in [2.24, 2.45) is 0 Å². The van der Waals surface area contributed by atoms with Gasteiger partial charge in [0.2, 0.25) is 0 Å². The average molecular weight is 217 g/mol. The Balaban J connectivity index is 2.47. The number of nitrogens with one attached hydrogen (secondary N) is 1. The molecule has 0 aromatic carbocycles. The lowest BCUT2D eigenvalue weighted by Crippen LogP contribution is -2.37. The predicted octanol–water partition coefficient (Wildman–Crippen LogP) is 0.755. The van der Waals surface area contributed by atoms with Crippen LogP contribution in [0, 0.1) is 0 Å². The molecule has 0 amide bonds. The van der Waals surface area contributed by atoms with Gasteiger partial charge in [0.25, 0.3) is 5.92 Å². The van der Waals surface area contributed by atoms with E-state index in [1.807, 2.05) is 0 Å². The molecule has 0 bridgehead atoms. The lowest BCUT2D eigenvalue weighted by molar-refractivity contribution is -0.0491. The molecule has 0 fully saturated rings. The molecule has 2 N–H and O–H groups in total. The molecule has 1 atom stereocenters. The zero-order valence-corrected chi connectivity index (χ0v) is 8.32. The van der Waals surface area contributed by atoms with E-state index in [0.717, 1.165) is 0 Å². The smallest absolute Gasteiger partial charge is 0.282 e. The molecule has 4 nitrogen and oxygen atoms in total. The van der Waals surface area contributed by atoms with Gasteiger partial charge in [-0.25, -0.2) is 8.78 Å². The topological polar surface area (TPSA) is 58.0 Å². The fraction of sp³-hybridized carbons (Fsp3) is 0.556. The molecule has 1 rings (SSSR count). The minimum absolute atomic E-state index is 0.323. The SMILES string of the molecule is CC(NCC(F)(F)CO)c1cnccn1. The van der Waals surface area contributed by atoms with E-state index in [4.69, 9.17) is 5.11 Å². The van der Waals surface area contributed by atoms with Gasteiger partial charge in [0.15, 0.2) is 0 Å². The first-order valence-corrected chi connectivity index (χ1v) is 4.53. The van der Waals surface area contributed by atoms with Gasteiger partial charge in [0.1, 0.15) is 6.61 Å². The summed E-state index contributed by atoms with van der Waals surface area (Å²) in [7, 11) is 0. The van der Waals surface area contributed by atoms with Crippen LogP contribution in [-0.2, 0) is 0 Å². The van der Waals surface area contributed by atoms with Crippen molar-refractivity contribution in [3.63, 3.8) is 0 Å². The van der Waals surface area contributed by atoms with Crippen molar-refractivity contribution in [2.45, 2.75) is 18.9 Å². The molecule has 1 aromatic rings. The van der Waals surface area contributed by atoms with Crippen molar-refractivity contribution in [3.8, 4) is 0 Å². The van der Waals surface area contributed by atoms with E-state index < -0.39 is 19.1 Å². The third-order valence-electron chi connectivity index (χ3n) is 1.93. The Morgan fingerprint density at radius 1 is 1.53 bits per heavy atom. The lowest BCUT2D eigenvalue weighted by Gasteiger charge is -2.18. The number of hydrogen-bond donors (Lipinski definition) is 2. The normalized spacial score (nSPS) is 13.9. The second-order valence-electron chi connectivity index (χ2n) is 3.25. The zero-order valence-electron chi connectivity index (χ0n) is 8.32. The van der Waals surface area contributed by atoms with E-state index in [2.05, 4.69) is 15.3 Å². The van der Waals surface area contributed by atoms with Gasteiger partial charge < -0.3 is 10.4 Å². The minimum Gasteiger partial charge on any atom is -0.390 e. The molecule has 1 aromatic heterocycles. The summed E-state index contributed by atoms with van der Waals surface area (Å²) in [6, 6.07) is -0.323. The molecule has 0 aliphatic heterocycles. The highest BCUT2D eigenvalue weighted by molar-refractivity contribution is 5.00. The molecule has 1 heterocycles. The summed E-state index contributed by atoms with van der Waals surface area (Å²) < 4.78 is 25.4. The molecule has 0 radical (unpaired) electrons. The predicted molar refractivity (Wildman–Crippen MR) is 50.5 cm³/mol. The van der Waals surface area contributed by atoms with Crippen molar-refractivity contribution in [1.29, 1.82) is 0 Å². The monoisotopic (exact) mass is 217 g/mol. The van der Waals surface area contributed by atoms with Crippen LogP contribution in [-0.4, -0.2) is 34.1 Å². The Hall–Kier alpha value is -1.14. The summed E-state index contributed by atoms with van der Waals surface area (Å²) in [5, 5.41) is 10.9. The van der Waals surface area contributed by atoms with Crippen LogP contribution in [0.3, 0.4) is 0 Å². The first kappa shape index (κ1) is 11.9. The van der Waals surface area contributed by atoms with Crippen LogP contribution >= 0.6 is 0 Å². The van der Waals surface area contributed by atoms with Crippen molar-refractivity contribution >= 4 is 0 Å². The van der Waals surface area contributed by atoms with Crippen molar-refractivity contribution < 1.29 is 13.9 Å². The Morgan fingerprint density at radius 3 is 2.80 bits per heavy atom. The number of halogens is 2. The summed E-state index contributed by atoms with van der Waals surface area (Å²) >= 11 is 0. The van der Waals surface area contributed by atoms with E-state index in [0.29, 0.717) is 5.69 Å². The Bertz CT molecular complexity index is 295. The largest absolute Gasteiger partial charge is 0.390 e. The molecular formula is C9H13F2N3O. The number of alkyl halides is 2. The lowest BCUT2D eigenvalue weighted by atomic mass is 10.2. The van der Waals surface area contributed by atoms with Crippen molar-refractivity contribution in [3.05, 3.63) is 24.3 Å². The fourth-order valence-corrected chi connectivity index (χ4v) is 0.997. The van der Waals surface area contributed by atoms with E-state index in [1.165, 1.54) is 18.6 Å². The van der Waals surface area contributed by atoms with E-state index in [1.54, 1.807) is 6.92 Å². The van der Waals surface area contributed by atoms with Crippen molar-refractivity contribution in [2.75, 3.05) is 13.2 Å². The quantitative estimate of drug-likeness (QED) is 0.764. The maximum absolute atomic E-state index is 12.7. The van der Waals surface area contributed by atoms with Crippen LogP contribution in [0.15, 0.2) is 18.6 Å². The summed E-state index contributed by atoms with van der Waals surface area (Å²) in [4.78, 5) is 7.80. The van der Waals surface area contributed by atoms with Crippen LogP contribution < -0.4 is 5.32 Å². The molecule has 0 saturated heterocycles. The molecule has 6 heteroatoms. The maximum Gasteiger partial charge on any atom is 0.282 e. The van der Waals surface area contributed by atoms with Crippen LogP contribution in [0.25, 0.3) is 0 Å². The van der Waals surface area contributed by atoms with Gasteiger partial charge in [-0.2, -0.15) is 0 Å². The van der Waals surface area contributed by atoms with Crippen LogP contribution in [0.4, 0.5) is 8.78 Å². The van der Waals surface area contributed by atoms with Gasteiger partial charge >= 0.3 is 0 Å². The zero-order chi connectivity index (χ0) is 11.3. The first-order chi connectivity index (χ1) is 7.05. The minimum atomic E-state index is -3.10. The van der Waals surface area contributed by atoms with E-state index in [-0.39, 0.29) is 6.04 Å². The second kappa shape index (κ2) is 5.09. The van der Waals surface area contributed by atoms with Crippen LogP contribution in [0.2, 0.25) is 0 Å². The number of aliphatic hydroxyl groups is 1. The number of hydrogen-bond acceptors (Lipinski definition) is 4. The van der Waals surface area contributed by atoms with Gasteiger partial charge in [-0.1, -0.05) is 0 Å². The molecule has 0 spiro atoms. The van der Waals surface area contributed by atoms with Gasteiger partial charge in [0.05, 0.1) is 12.2 Å². The summed E-state index contributed by atoms with van der Waals surface area (Å²) in [5.41, 5.74) is 0.589. The highest BCUT2D eigenvalue weighted by Crippen LogP contribution is 2.13. The third kappa shape index (κ3) is 3.85. The van der Waals surface area contributed by atoms with Gasteiger partial charge in [-0.15, -0.1) is 0 Å².